The highest BCUT2D eigenvalue weighted by molar-refractivity contribution is 6.30. The van der Waals surface area contributed by atoms with E-state index in [-0.39, 0.29) is 23.5 Å². The summed E-state index contributed by atoms with van der Waals surface area (Å²) < 4.78 is 5.97. The zero-order chi connectivity index (χ0) is 21.1. The Kier molecular flexibility index (Phi) is 6.00. The Hall–Kier alpha value is -2.53. The predicted molar refractivity (Wildman–Crippen MR) is 117 cm³/mol. The summed E-state index contributed by atoms with van der Waals surface area (Å²) in [5.41, 5.74) is 1.93. The van der Waals surface area contributed by atoms with E-state index in [9.17, 15) is 9.59 Å². The van der Waals surface area contributed by atoms with Gasteiger partial charge in [0.2, 0.25) is 11.8 Å². The Morgan fingerprint density at radius 3 is 2.70 bits per heavy atom. The first-order chi connectivity index (χ1) is 14.4. The van der Waals surface area contributed by atoms with Crippen molar-refractivity contribution in [3.05, 3.63) is 64.7 Å². The molecule has 0 saturated carbocycles. The van der Waals surface area contributed by atoms with Crippen LogP contribution in [0.4, 0.5) is 0 Å². The van der Waals surface area contributed by atoms with Gasteiger partial charge in [-0.25, -0.2) is 0 Å². The minimum Gasteiger partial charge on any atom is -0.488 e. The van der Waals surface area contributed by atoms with Crippen LogP contribution in [-0.4, -0.2) is 41.9 Å². The molecule has 0 radical (unpaired) electrons. The zero-order valence-electron chi connectivity index (χ0n) is 17.2. The molecule has 1 fully saturated rings. The van der Waals surface area contributed by atoms with E-state index in [1.165, 1.54) is 5.56 Å². The molecule has 0 aromatic heterocycles. The quantitative estimate of drug-likeness (QED) is 0.733. The first-order valence-corrected chi connectivity index (χ1v) is 10.8. The Bertz CT molecular complexity index is 905. The predicted octanol–water partition coefficient (Wildman–Crippen LogP) is 3.77. The second kappa shape index (κ2) is 8.68. The molecule has 1 N–H and O–H groups in total. The van der Waals surface area contributed by atoms with E-state index in [0.717, 1.165) is 24.2 Å². The molecular weight excluding hydrogens is 400 g/mol. The standard InChI is InChI=1S/C24H27ClN2O3/c1-27(16-20-14-18-4-2-3-5-21(18)30-20)23(29)11-13-24(12-10-22(28)26-24)15-17-6-8-19(25)9-7-17/h2-9,20H,10-16H2,1H3,(H,26,28)/t20-,24-/m1/s1. The number of carbonyl (C=O) groups excluding carboxylic acids is 2. The van der Waals surface area contributed by atoms with Gasteiger partial charge in [0.05, 0.1) is 6.54 Å². The van der Waals surface area contributed by atoms with Crippen LogP contribution in [0, 0.1) is 0 Å². The van der Waals surface area contributed by atoms with Crippen LogP contribution in [-0.2, 0) is 22.4 Å². The van der Waals surface area contributed by atoms with Crippen molar-refractivity contribution < 1.29 is 14.3 Å². The van der Waals surface area contributed by atoms with Crippen molar-refractivity contribution in [2.75, 3.05) is 13.6 Å². The molecule has 0 unspecified atom stereocenters. The van der Waals surface area contributed by atoms with Gasteiger partial charge in [0, 0.05) is 36.9 Å². The van der Waals surface area contributed by atoms with Crippen molar-refractivity contribution in [3.8, 4) is 5.75 Å². The van der Waals surface area contributed by atoms with E-state index in [4.69, 9.17) is 16.3 Å². The number of benzene rings is 2. The zero-order valence-corrected chi connectivity index (χ0v) is 18.0. The lowest BCUT2D eigenvalue weighted by Gasteiger charge is -2.30. The van der Waals surface area contributed by atoms with Gasteiger partial charge in [0.15, 0.2) is 0 Å². The van der Waals surface area contributed by atoms with Gasteiger partial charge in [-0.1, -0.05) is 41.9 Å². The largest absolute Gasteiger partial charge is 0.488 e. The molecule has 2 aromatic rings. The van der Waals surface area contributed by atoms with Crippen LogP contribution in [0.15, 0.2) is 48.5 Å². The number of carbonyl (C=O) groups is 2. The first-order valence-electron chi connectivity index (χ1n) is 10.5. The maximum Gasteiger partial charge on any atom is 0.222 e. The number of rotatable bonds is 7. The highest BCUT2D eigenvalue weighted by atomic mass is 35.5. The van der Waals surface area contributed by atoms with Crippen LogP contribution in [0.5, 0.6) is 5.75 Å². The van der Waals surface area contributed by atoms with E-state index in [1.807, 2.05) is 49.5 Å². The van der Waals surface area contributed by atoms with Gasteiger partial charge in [-0.15, -0.1) is 0 Å². The van der Waals surface area contributed by atoms with Crippen LogP contribution in [0.2, 0.25) is 5.02 Å². The second-order valence-corrected chi connectivity index (χ2v) is 8.89. The summed E-state index contributed by atoms with van der Waals surface area (Å²) in [6.07, 6.45) is 3.78. The number of hydrogen-bond donors (Lipinski definition) is 1. The Labute approximate surface area is 182 Å². The number of ether oxygens (including phenoxy) is 1. The normalized spacial score (nSPS) is 22.3. The summed E-state index contributed by atoms with van der Waals surface area (Å²) in [4.78, 5) is 26.6. The van der Waals surface area contributed by atoms with Crippen LogP contribution >= 0.6 is 11.6 Å². The molecule has 0 bridgehead atoms. The molecular formula is C24H27ClN2O3. The summed E-state index contributed by atoms with van der Waals surface area (Å²) in [6.45, 7) is 0.560. The molecule has 0 aliphatic carbocycles. The molecule has 2 heterocycles. The highest BCUT2D eigenvalue weighted by Crippen LogP contribution is 2.31. The van der Waals surface area contributed by atoms with Crippen LogP contribution in [0.1, 0.15) is 36.8 Å². The number of hydrogen-bond acceptors (Lipinski definition) is 3. The molecule has 158 valence electrons. The van der Waals surface area contributed by atoms with Crippen LogP contribution in [0.25, 0.3) is 0 Å². The summed E-state index contributed by atoms with van der Waals surface area (Å²) >= 11 is 5.99. The summed E-state index contributed by atoms with van der Waals surface area (Å²) in [7, 11) is 1.83. The Morgan fingerprint density at radius 2 is 2.00 bits per heavy atom. The lowest BCUT2D eigenvalue weighted by molar-refractivity contribution is -0.131. The van der Waals surface area contributed by atoms with Gasteiger partial charge in [-0.2, -0.15) is 0 Å². The number of para-hydroxylation sites is 1. The van der Waals surface area contributed by atoms with Crippen LogP contribution in [0.3, 0.4) is 0 Å². The molecule has 2 amide bonds. The summed E-state index contributed by atoms with van der Waals surface area (Å²) in [5, 5.41) is 3.83. The molecule has 2 aliphatic heterocycles. The van der Waals surface area contributed by atoms with Crippen molar-refractivity contribution in [1.82, 2.24) is 10.2 Å². The van der Waals surface area contributed by atoms with Gasteiger partial charge in [-0.05, 0) is 48.6 Å². The SMILES string of the molecule is CN(C[C@H]1Cc2ccccc2O1)C(=O)CC[C@@]1(Cc2ccc(Cl)cc2)CCC(=O)N1. The Morgan fingerprint density at radius 1 is 1.23 bits per heavy atom. The molecule has 2 aliphatic rings. The van der Waals surface area contributed by atoms with Crippen molar-refractivity contribution >= 4 is 23.4 Å². The molecule has 1 saturated heterocycles. The summed E-state index contributed by atoms with van der Waals surface area (Å²) in [6, 6.07) is 15.7. The smallest absolute Gasteiger partial charge is 0.222 e. The maximum absolute atomic E-state index is 12.8. The lowest BCUT2D eigenvalue weighted by Crippen LogP contribution is -2.45. The number of amides is 2. The molecule has 0 spiro atoms. The average molecular weight is 427 g/mol. The number of halogens is 1. The maximum atomic E-state index is 12.8. The Balaban J connectivity index is 1.33. The van der Waals surface area contributed by atoms with Crippen molar-refractivity contribution in [2.24, 2.45) is 0 Å². The fourth-order valence-electron chi connectivity index (χ4n) is 4.48. The molecule has 6 heteroatoms. The fourth-order valence-corrected chi connectivity index (χ4v) is 4.60. The van der Waals surface area contributed by atoms with Crippen molar-refractivity contribution in [2.45, 2.75) is 50.2 Å². The van der Waals surface area contributed by atoms with Crippen LogP contribution < -0.4 is 10.1 Å². The number of fused-ring (bicyclic) bond motifs is 1. The van der Waals surface area contributed by atoms with Gasteiger partial charge >= 0.3 is 0 Å². The average Bonchev–Trinajstić information content (AvgIpc) is 3.31. The number of nitrogens with zero attached hydrogens (tertiary/aromatic N) is 1. The van der Waals surface area contributed by atoms with Crippen molar-refractivity contribution in [3.63, 3.8) is 0 Å². The third kappa shape index (κ3) is 4.78. The first kappa shape index (κ1) is 20.7. The minimum atomic E-state index is -0.374. The number of likely N-dealkylation sites (N-methyl/N-ethyl adjacent to an activating group) is 1. The topological polar surface area (TPSA) is 58.6 Å². The second-order valence-electron chi connectivity index (χ2n) is 8.46. The fraction of sp³-hybridized carbons (Fsp3) is 0.417. The van der Waals surface area contributed by atoms with E-state index in [1.54, 1.807) is 4.90 Å². The van der Waals surface area contributed by atoms with E-state index in [0.29, 0.717) is 37.3 Å². The number of nitrogens with one attached hydrogen (secondary N) is 1. The monoisotopic (exact) mass is 426 g/mol. The summed E-state index contributed by atoms with van der Waals surface area (Å²) in [5.74, 6) is 1.05. The third-order valence-electron chi connectivity index (χ3n) is 6.13. The molecule has 30 heavy (non-hydrogen) atoms. The van der Waals surface area contributed by atoms with E-state index >= 15 is 0 Å². The van der Waals surface area contributed by atoms with Gasteiger partial charge in [0.1, 0.15) is 11.9 Å². The van der Waals surface area contributed by atoms with Gasteiger partial charge < -0.3 is 15.0 Å². The van der Waals surface area contributed by atoms with Gasteiger partial charge in [0.25, 0.3) is 0 Å². The van der Waals surface area contributed by atoms with E-state index in [2.05, 4.69) is 11.4 Å². The molecule has 4 rings (SSSR count). The molecule has 5 nitrogen and oxygen atoms in total. The lowest BCUT2D eigenvalue weighted by atomic mass is 9.85. The highest BCUT2D eigenvalue weighted by Gasteiger charge is 2.38. The minimum absolute atomic E-state index is 0.00874. The van der Waals surface area contributed by atoms with E-state index < -0.39 is 0 Å². The van der Waals surface area contributed by atoms with Gasteiger partial charge in [-0.3, -0.25) is 9.59 Å². The van der Waals surface area contributed by atoms with Crippen molar-refractivity contribution in [1.29, 1.82) is 0 Å². The third-order valence-corrected chi connectivity index (χ3v) is 6.38. The molecule has 2 aromatic carbocycles. The molecule has 2 atom stereocenters.